The van der Waals surface area contributed by atoms with E-state index in [1.165, 1.54) is 17.8 Å². The topological polar surface area (TPSA) is 101 Å². The lowest BCUT2D eigenvalue weighted by Gasteiger charge is -2.17. The second-order valence-electron chi connectivity index (χ2n) is 7.94. The average Bonchev–Trinajstić information content (AvgIpc) is 2.89. The van der Waals surface area contributed by atoms with Crippen LogP contribution >= 0.6 is 35.0 Å². The molecule has 0 spiro atoms. The SMILES string of the molecule is NC(=O)c1ccc(NC(=O)C(Sc2ccc(NC(=O)c3ccc(Cl)cc3Cl)cc2)c2ccccc2)cc1. The van der Waals surface area contributed by atoms with Crippen molar-refractivity contribution >= 4 is 64.1 Å². The van der Waals surface area contributed by atoms with Gasteiger partial charge in [-0.1, -0.05) is 53.5 Å². The van der Waals surface area contributed by atoms with Gasteiger partial charge in [-0.3, -0.25) is 14.4 Å². The molecule has 37 heavy (non-hydrogen) atoms. The number of rotatable bonds is 8. The van der Waals surface area contributed by atoms with Crippen LogP contribution in [0.25, 0.3) is 0 Å². The monoisotopic (exact) mass is 549 g/mol. The number of carbonyl (C=O) groups is 3. The number of hydrogen-bond donors (Lipinski definition) is 3. The summed E-state index contributed by atoms with van der Waals surface area (Å²) in [6.07, 6.45) is 0. The molecule has 0 fully saturated rings. The molecule has 0 radical (unpaired) electrons. The van der Waals surface area contributed by atoms with Crippen molar-refractivity contribution in [2.24, 2.45) is 5.73 Å². The van der Waals surface area contributed by atoms with E-state index in [1.807, 2.05) is 42.5 Å². The van der Waals surface area contributed by atoms with Gasteiger partial charge in [-0.25, -0.2) is 0 Å². The first-order valence-electron chi connectivity index (χ1n) is 11.1. The van der Waals surface area contributed by atoms with Crippen molar-refractivity contribution < 1.29 is 14.4 Å². The van der Waals surface area contributed by atoms with Crippen molar-refractivity contribution in [2.45, 2.75) is 10.1 Å². The Morgan fingerprint density at radius 3 is 2.00 bits per heavy atom. The summed E-state index contributed by atoms with van der Waals surface area (Å²) in [5.74, 6) is -1.12. The molecule has 1 atom stereocenters. The third kappa shape index (κ3) is 6.92. The fourth-order valence-corrected chi connectivity index (χ4v) is 4.97. The van der Waals surface area contributed by atoms with Crippen LogP contribution in [0.5, 0.6) is 0 Å². The van der Waals surface area contributed by atoms with Gasteiger partial charge in [-0.05, 0) is 72.3 Å². The molecular formula is C28H21Cl2N3O3S. The number of nitrogens with one attached hydrogen (secondary N) is 2. The highest BCUT2D eigenvalue weighted by Crippen LogP contribution is 2.37. The van der Waals surface area contributed by atoms with E-state index >= 15 is 0 Å². The van der Waals surface area contributed by atoms with Gasteiger partial charge < -0.3 is 16.4 Å². The van der Waals surface area contributed by atoms with E-state index in [2.05, 4.69) is 10.6 Å². The zero-order valence-corrected chi connectivity index (χ0v) is 21.6. The highest BCUT2D eigenvalue weighted by molar-refractivity contribution is 8.00. The molecule has 4 N–H and O–H groups in total. The molecule has 1 unspecified atom stereocenters. The molecule has 186 valence electrons. The second kappa shape index (κ2) is 12.0. The van der Waals surface area contributed by atoms with E-state index < -0.39 is 11.2 Å². The van der Waals surface area contributed by atoms with Gasteiger partial charge >= 0.3 is 0 Å². The van der Waals surface area contributed by atoms with Gasteiger partial charge in [0.2, 0.25) is 11.8 Å². The van der Waals surface area contributed by atoms with Crippen molar-refractivity contribution in [3.05, 3.63) is 124 Å². The van der Waals surface area contributed by atoms with Crippen LogP contribution in [0.2, 0.25) is 10.0 Å². The summed E-state index contributed by atoms with van der Waals surface area (Å²) >= 11 is 13.4. The number of amides is 3. The predicted molar refractivity (Wildman–Crippen MR) is 149 cm³/mol. The molecular weight excluding hydrogens is 529 g/mol. The standard InChI is InChI=1S/C28H21Cl2N3O3S/c29-19-8-15-23(24(30)16-19)27(35)32-21-11-13-22(14-12-21)37-25(17-4-2-1-3-5-17)28(36)33-20-9-6-18(7-10-20)26(31)34/h1-16,25H,(H2,31,34)(H,32,35)(H,33,36). The van der Waals surface area contributed by atoms with E-state index in [1.54, 1.807) is 48.5 Å². The van der Waals surface area contributed by atoms with Crippen molar-refractivity contribution in [2.75, 3.05) is 10.6 Å². The Labute approximate surface area is 228 Å². The Hall–Kier alpha value is -3.78. The first kappa shape index (κ1) is 26.3. The van der Waals surface area contributed by atoms with Crippen molar-refractivity contribution in [1.82, 2.24) is 0 Å². The van der Waals surface area contributed by atoms with Crippen molar-refractivity contribution in [1.29, 1.82) is 0 Å². The molecule has 3 amide bonds. The lowest BCUT2D eigenvalue weighted by molar-refractivity contribution is -0.115. The molecule has 0 heterocycles. The van der Waals surface area contributed by atoms with Crippen LogP contribution in [-0.2, 0) is 4.79 Å². The summed E-state index contributed by atoms with van der Waals surface area (Å²) in [5, 5.41) is 5.87. The van der Waals surface area contributed by atoms with Crippen molar-refractivity contribution in [3.8, 4) is 0 Å². The summed E-state index contributed by atoms with van der Waals surface area (Å²) in [7, 11) is 0. The van der Waals surface area contributed by atoms with E-state index in [0.717, 1.165) is 10.5 Å². The fourth-order valence-electron chi connectivity index (χ4n) is 3.45. The summed E-state index contributed by atoms with van der Waals surface area (Å²) in [4.78, 5) is 38.0. The third-order valence-corrected chi connectivity index (χ3v) is 7.13. The van der Waals surface area contributed by atoms with Crippen LogP contribution in [0.3, 0.4) is 0 Å². The van der Waals surface area contributed by atoms with E-state index in [4.69, 9.17) is 28.9 Å². The predicted octanol–water partition coefficient (Wildman–Crippen LogP) is 6.82. The molecule has 0 bridgehead atoms. The van der Waals surface area contributed by atoms with Gasteiger partial charge in [-0.2, -0.15) is 0 Å². The van der Waals surface area contributed by atoms with Gasteiger partial charge in [0, 0.05) is 26.9 Å². The molecule has 0 aliphatic heterocycles. The van der Waals surface area contributed by atoms with E-state index in [0.29, 0.717) is 27.5 Å². The van der Waals surface area contributed by atoms with Gasteiger partial charge in [0.1, 0.15) is 5.25 Å². The zero-order chi connectivity index (χ0) is 26.4. The van der Waals surface area contributed by atoms with Crippen LogP contribution in [0, 0.1) is 0 Å². The smallest absolute Gasteiger partial charge is 0.257 e. The Morgan fingerprint density at radius 2 is 1.38 bits per heavy atom. The maximum absolute atomic E-state index is 13.3. The van der Waals surface area contributed by atoms with Crippen LogP contribution in [0.15, 0.2) is 102 Å². The number of nitrogens with two attached hydrogens (primary N) is 1. The number of carbonyl (C=O) groups excluding carboxylic acids is 3. The summed E-state index contributed by atoms with van der Waals surface area (Å²) in [6.45, 7) is 0. The fraction of sp³-hybridized carbons (Fsp3) is 0.0357. The molecule has 0 aliphatic rings. The number of thioether (sulfide) groups is 1. The van der Waals surface area contributed by atoms with Crippen LogP contribution < -0.4 is 16.4 Å². The average molecular weight is 550 g/mol. The van der Waals surface area contributed by atoms with E-state index in [9.17, 15) is 14.4 Å². The van der Waals surface area contributed by atoms with Gasteiger partial charge in [0.25, 0.3) is 5.91 Å². The van der Waals surface area contributed by atoms with Crippen LogP contribution in [0.1, 0.15) is 31.5 Å². The number of halogens is 2. The Bertz CT molecular complexity index is 1430. The summed E-state index contributed by atoms with van der Waals surface area (Å²) in [6, 6.07) is 27.6. The Balaban J connectivity index is 1.48. The molecule has 0 saturated heterocycles. The molecule has 0 aromatic heterocycles. The number of anilines is 2. The summed E-state index contributed by atoms with van der Waals surface area (Å²) in [5.41, 5.74) is 7.92. The van der Waals surface area contributed by atoms with Crippen LogP contribution in [0.4, 0.5) is 11.4 Å². The minimum atomic E-state index is -0.551. The molecule has 0 aliphatic carbocycles. The Morgan fingerprint density at radius 1 is 0.757 bits per heavy atom. The molecule has 4 aromatic carbocycles. The quantitative estimate of drug-likeness (QED) is 0.210. The zero-order valence-electron chi connectivity index (χ0n) is 19.3. The first-order chi connectivity index (χ1) is 17.8. The number of benzene rings is 4. The van der Waals surface area contributed by atoms with E-state index in [-0.39, 0.29) is 16.8 Å². The third-order valence-electron chi connectivity index (χ3n) is 5.32. The molecule has 4 aromatic rings. The number of hydrogen-bond acceptors (Lipinski definition) is 4. The van der Waals surface area contributed by atoms with Gasteiger partial charge in [-0.15, -0.1) is 11.8 Å². The molecule has 0 saturated carbocycles. The van der Waals surface area contributed by atoms with Crippen molar-refractivity contribution in [3.63, 3.8) is 0 Å². The van der Waals surface area contributed by atoms with Gasteiger partial charge in [0.15, 0.2) is 0 Å². The summed E-state index contributed by atoms with van der Waals surface area (Å²) < 4.78 is 0. The largest absolute Gasteiger partial charge is 0.366 e. The minimum Gasteiger partial charge on any atom is -0.366 e. The molecule has 6 nitrogen and oxygen atoms in total. The maximum Gasteiger partial charge on any atom is 0.257 e. The molecule has 9 heteroatoms. The first-order valence-corrected chi connectivity index (χ1v) is 12.7. The van der Waals surface area contributed by atoms with Gasteiger partial charge in [0.05, 0.1) is 10.6 Å². The lowest BCUT2D eigenvalue weighted by Crippen LogP contribution is -2.19. The molecule has 4 rings (SSSR count). The lowest BCUT2D eigenvalue weighted by atomic mass is 10.1. The Kier molecular flexibility index (Phi) is 8.50. The maximum atomic E-state index is 13.3. The highest BCUT2D eigenvalue weighted by Gasteiger charge is 2.22. The second-order valence-corrected chi connectivity index (χ2v) is 9.96. The minimum absolute atomic E-state index is 0.224. The normalized spacial score (nSPS) is 11.4. The van der Waals surface area contributed by atoms with Crippen LogP contribution in [-0.4, -0.2) is 17.7 Å². The number of primary amides is 1. The highest BCUT2D eigenvalue weighted by atomic mass is 35.5.